The third kappa shape index (κ3) is 1.90. The van der Waals surface area contributed by atoms with Crippen LogP contribution >= 0.6 is 0 Å². The third-order valence-corrected chi connectivity index (χ3v) is 4.46. The molecule has 2 aliphatic rings. The zero-order valence-electron chi connectivity index (χ0n) is 11.9. The van der Waals surface area contributed by atoms with Crippen molar-refractivity contribution in [2.45, 2.75) is 25.7 Å². The van der Waals surface area contributed by atoms with Crippen molar-refractivity contribution in [1.29, 1.82) is 5.41 Å². The second-order valence-electron chi connectivity index (χ2n) is 5.76. The number of pyridine rings is 1. The van der Waals surface area contributed by atoms with Crippen molar-refractivity contribution < 1.29 is 0 Å². The van der Waals surface area contributed by atoms with Gasteiger partial charge >= 0.3 is 0 Å². The monoisotopic (exact) mass is 278 g/mol. The smallest absolute Gasteiger partial charge is 0.144 e. The summed E-state index contributed by atoms with van der Waals surface area (Å²) in [5, 5.41) is 7.90. The van der Waals surface area contributed by atoms with Crippen molar-refractivity contribution >= 4 is 17.3 Å². The van der Waals surface area contributed by atoms with Gasteiger partial charge in [-0.3, -0.25) is 5.41 Å². The summed E-state index contributed by atoms with van der Waals surface area (Å²) in [6.45, 7) is 0.908. The van der Waals surface area contributed by atoms with Gasteiger partial charge in [0, 0.05) is 17.9 Å². The number of anilines is 2. The van der Waals surface area contributed by atoms with Crippen molar-refractivity contribution in [3.05, 3.63) is 52.7 Å². The Labute approximate surface area is 124 Å². The molecule has 0 saturated heterocycles. The first-order valence-corrected chi connectivity index (χ1v) is 7.46. The zero-order valence-corrected chi connectivity index (χ0v) is 11.9. The predicted molar refractivity (Wildman–Crippen MR) is 84.4 cm³/mol. The summed E-state index contributed by atoms with van der Waals surface area (Å²) < 4.78 is 0. The van der Waals surface area contributed by atoms with Crippen molar-refractivity contribution in [2.75, 3.05) is 11.4 Å². The minimum absolute atomic E-state index is 0.108. The average Bonchev–Trinajstić information content (AvgIpc) is 3.11. The summed E-state index contributed by atoms with van der Waals surface area (Å²) in [7, 11) is 0. The lowest BCUT2D eigenvalue weighted by Gasteiger charge is -2.22. The Morgan fingerprint density at radius 3 is 2.86 bits per heavy atom. The van der Waals surface area contributed by atoms with Crippen molar-refractivity contribution in [3.8, 4) is 0 Å². The van der Waals surface area contributed by atoms with Gasteiger partial charge in [0.2, 0.25) is 0 Å². The Hall–Kier alpha value is -2.36. The van der Waals surface area contributed by atoms with Crippen molar-refractivity contribution in [3.63, 3.8) is 0 Å². The number of nitrogens with zero attached hydrogens (tertiary/aromatic N) is 2. The molecule has 106 valence electrons. The molecule has 0 unspecified atom stereocenters. The summed E-state index contributed by atoms with van der Waals surface area (Å²) in [4.78, 5) is 7.07. The van der Waals surface area contributed by atoms with E-state index in [0.717, 1.165) is 43.6 Å². The first-order chi connectivity index (χ1) is 10.2. The molecule has 0 radical (unpaired) electrons. The molecule has 1 aromatic carbocycles. The van der Waals surface area contributed by atoms with Crippen molar-refractivity contribution in [1.82, 2.24) is 4.98 Å². The molecule has 0 spiro atoms. The molecular weight excluding hydrogens is 260 g/mol. The summed E-state index contributed by atoms with van der Waals surface area (Å²) in [6.07, 6.45) is 4.27. The second kappa shape index (κ2) is 4.58. The summed E-state index contributed by atoms with van der Waals surface area (Å²) in [5.41, 5.74) is 11.6. The molecule has 3 N–H and O–H groups in total. The normalized spacial score (nSPS) is 15.9. The Bertz CT molecular complexity index is 736. The van der Waals surface area contributed by atoms with Crippen LogP contribution in [0.5, 0.6) is 0 Å². The molecule has 0 atom stereocenters. The molecule has 4 nitrogen and oxygen atoms in total. The number of rotatable bonds is 2. The molecule has 0 saturated carbocycles. The van der Waals surface area contributed by atoms with E-state index in [2.05, 4.69) is 35.2 Å². The fourth-order valence-corrected chi connectivity index (χ4v) is 3.42. The van der Waals surface area contributed by atoms with Gasteiger partial charge in [-0.1, -0.05) is 18.2 Å². The lowest BCUT2D eigenvalue weighted by atomic mass is 10.1. The van der Waals surface area contributed by atoms with E-state index in [9.17, 15) is 0 Å². The van der Waals surface area contributed by atoms with Crippen LogP contribution in [-0.2, 0) is 19.3 Å². The Balaban J connectivity index is 1.87. The van der Waals surface area contributed by atoms with Crippen LogP contribution in [0.2, 0.25) is 0 Å². The molecule has 2 heterocycles. The maximum atomic E-state index is 7.90. The van der Waals surface area contributed by atoms with Crippen LogP contribution in [0.3, 0.4) is 0 Å². The van der Waals surface area contributed by atoms with E-state index in [1.54, 1.807) is 0 Å². The van der Waals surface area contributed by atoms with Crippen LogP contribution in [0.15, 0.2) is 30.3 Å². The number of para-hydroxylation sites is 1. The minimum atomic E-state index is 0.108. The van der Waals surface area contributed by atoms with E-state index in [1.807, 2.05) is 0 Å². The van der Waals surface area contributed by atoms with Gasteiger partial charge in [0.15, 0.2) is 0 Å². The molecule has 0 fully saturated rings. The van der Waals surface area contributed by atoms with Crippen LogP contribution < -0.4 is 10.6 Å². The van der Waals surface area contributed by atoms with Gasteiger partial charge in [-0.15, -0.1) is 0 Å². The van der Waals surface area contributed by atoms with Crippen LogP contribution in [-0.4, -0.2) is 17.4 Å². The van der Waals surface area contributed by atoms with Crippen LogP contribution in [0, 0.1) is 5.41 Å². The number of aryl methyl sites for hydroxylation is 2. The Morgan fingerprint density at radius 2 is 2.00 bits per heavy atom. The first-order valence-electron chi connectivity index (χ1n) is 7.46. The molecule has 1 aliphatic carbocycles. The van der Waals surface area contributed by atoms with E-state index < -0.39 is 0 Å². The molecule has 2 aromatic rings. The van der Waals surface area contributed by atoms with Crippen LogP contribution in [0.4, 0.5) is 11.5 Å². The Kier molecular flexibility index (Phi) is 2.70. The number of hydrogen-bond acceptors (Lipinski definition) is 3. The molecule has 1 aliphatic heterocycles. The quantitative estimate of drug-likeness (QED) is 0.655. The van der Waals surface area contributed by atoms with Crippen LogP contribution in [0.25, 0.3) is 0 Å². The van der Waals surface area contributed by atoms with Gasteiger partial charge in [-0.2, -0.15) is 0 Å². The first kappa shape index (κ1) is 12.4. The van der Waals surface area contributed by atoms with Gasteiger partial charge in [-0.25, -0.2) is 4.98 Å². The van der Waals surface area contributed by atoms with Gasteiger partial charge in [0.1, 0.15) is 11.7 Å². The molecule has 0 bridgehead atoms. The number of aromatic nitrogens is 1. The highest BCUT2D eigenvalue weighted by Crippen LogP contribution is 2.36. The highest BCUT2D eigenvalue weighted by atomic mass is 15.2. The van der Waals surface area contributed by atoms with Gasteiger partial charge in [0.05, 0.1) is 5.56 Å². The highest BCUT2D eigenvalue weighted by Gasteiger charge is 2.26. The van der Waals surface area contributed by atoms with Crippen LogP contribution in [0.1, 0.15) is 28.8 Å². The molecule has 21 heavy (non-hydrogen) atoms. The largest absolute Gasteiger partial charge is 0.384 e. The van der Waals surface area contributed by atoms with E-state index in [0.29, 0.717) is 0 Å². The summed E-state index contributed by atoms with van der Waals surface area (Å²) in [5.74, 6) is 0.963. The van der Waals surface area contributed by atoms with E-state index in [1.165, 1.54) is 22.5 Å². The zero-order chi connectivity index (χ0) is 14.4. The molecule has 0 amide bonds. The van der Waals surface area contributed by atoms with E-state index in [4.69, 9.17) is 16.1 Å². The second-order valence-corrected chi connectivity index (χ2v) is 5.76. The van der Waals surface area contributed by atoms with Gasteiger partial charge in [0.25, 0.3) is 0 Å². The lowest BCUT2D eigenvalue weighted by molar-refractivity contribution is 0.894. The minimum Gasteiger partial charge on any atom is -0.384 e. The fourth-order valence-electron chi connectivity index (χ4n) is 3.42. The van der Waals surface area contributed by atoms with Crippen molar-refractivity contribution in [2.24, 2.45) is 5.73 Å². The number of hydrogen-bond donors (Lipinski definition) is 2. The number of amidine groups is 1. The fraction of sp³-hybridized carbons (Fsp3) is 0.294. The molecule has 4 rings (SSSR count). The third-order valence-electron chi connectivity index (χ3n) is 4.46. The van der Waals surface area contributed by atoms with E-state index >= 15 is 0 Å². The predicted octanol–water partition coefficient (Wildman–Crippen LogP) is 2.55. The standard InChI is InChI=1S/C17H18N4/c18-16(19)13-10-12-5-3-6-14(12)20-17(13)21-9-8-11-4-1-2-7-15(11)21/h1-2,4,7,10H,3,5-6,8-9H2,(H3,18,19). The number of fused-ring (bicyclic) bond motifs is 2. The summed E-state index contributed by atoms with van der Waals surface area (Å²) in [6, 6.07) is 10.5. The molecule has 4 heteroatoms. The SMILES string of the molecule is N=C(N)c1cc2c(nc1N1CCc3ccccc31)CCC2. The highest BCUT2D eigenvalue weighted by molar-refractivity contribution is 6.01. The number of nitrogens with two attached hydrogens (primary N) is 1. The number of benzene rings is 1. The maximum Gasteiger partial charge on any atom is 0.144 e. The Morgan fingerprint density at radius 1 is 1.14 bits per heavy atom. The molecule has 1 aromatic heterocycles. The molecular formula is C17H18N4. The topological polar surface area (TPSA) is 66.0 Å². The number of nitrogens with one attached hydrogen (secondary N) is 1. The average molecular weight is 278 g/mol. The van der Waals surface area contributed by atoms with E-state index in [-0.39, 0.29) is 5.84 Å². The van der Waals surface area contributed by atoms with Gasteiger partial charge < -0.3 is 10.6 Å². The lowest BCUT2D eigenvalue weighted by Crippen LogP contribution is -2.22. The number of nitrogen functional groups attached to an aromatic ring is 1. The van der Waals surface area contributed by atoms with Gasteiger partial charge in [-0.05, 0) is 48.9 Å². The maximum absolute atomic E-state index is 7.90. The summed E-state index contributed by atoms with van der Waals surface area (Å²) >= 11 is 0.